The number of benzene rings is 1. The Hall–Kier alpha value is -3.49. The fourth-order valence-electron chi connectivity index (χ4n) is 4.98. The summed E-state index contributed by atoms with van der Waals surface area (Å²) in [4.78, 5) is 13.2. The lowest BCUT2D eigenvalue weighted by Crippen LogP contribution is -2.29. The van der Waals surface area contributed by atoms with Crippen molar-refractivity contribution < 1.29 is 10.2 Å². The quantitative estimate of drug-likeness (QED) is 0.328. The van der Waals surface area contributed by atoms with Crippen LogP contribution in [0.4, 0.5) is 11.6 Å². The summed E-state index contributed by atoms with van der Waals surface area (Å²) >= 11 is 0. The van der Waals surface area contributed by atoms with Gasteiger partial charge in [-0.1, -0.05) is 18.2 Å². The number of aliphatic hydroxyl groups excluding tert-OH is 2. The molecule has 6 rings (SSSR count). The van der Waals surface area contributed by atoms with Crippen molar-refractivity contribution in [3.05, 3.63) is 66.1 Å². The van der Waals surface area contributed by atoms with Gasteiger partial charge in [0.25, 0.3) is 0 Å². The van der Waals surface area contributed by atoms with Gasteiger partial charge in [0.05, 0.1) is 16.9 Å². The number of fused-ring (bicyclic) bond motifs is 2. The molecule has 0 spiro atoms. The molecule has 1 fully saturated rings. The van der Waals surface area contributed by atoms with Gasteiger partial charge in [-0.2, -0.15) is 0 Å². The van der Waals surface area contributed by atoms with E-state index in [9.17, 15) is 10.2 Å². The van der Waals surface area contributed by atoms with Crippen LogP contribution in [-0.4, -0.2) is 48.0 Å². The molecule has 5 N–H and O–H groups in total. The molecular formula is C26H28N6O2. The fraction of sp³-hybridized carbons (Fsp3) is 0.346. The molecule has 3 aromatic heterocycles. The standard InChI is InChI=1S/C26H28N6O2/c27-25-19-10-11-32(26(19)29-14-28-25)21-13-17(23(33)24(21)34)7-5-15-4-6-16-8-9-22(31-20(16)12-15)30-18-2-1-3-18/h4,6,8-14,18,21,23-24,33-34H,1-3,5,7H2,(H,30,31)(H2,27,28,29)/t21?,23?,24-/m1/s1. The summed E-state index contributed by atoms with van der Waals surface area (Å²) in [7, 11) is 0. The van der Waals surface area contributed by atoms with Crippen LogP contribution in [0.5, 0.6) is 0 Å². The predicted molar refractivity (Wildman–Crippen MR) is 132 cm³/mol. The van der Waals surface area contributed by atoms with Crippen molar-refractivity contribution >= 4 is 33.6 Å². The number of pyridine rings is 1. The molecule has 4 aromatic rings. The van der Waals surface area contributed by atoms with Gasteiger partial charge in [-0.3, -0.25) is 0 Å². The van der Waals surface area contributed by atoms with Crippen molar-refractivity contribution in [1.82, 2.24) is 19.5 Å². The maximum absolute atomic E-state index is 10.8. The molecule has 2 unspecified atom stereocenters. The minimum Gasteiger partial charge on any atom is -0.388 e. The summed E-state index contributed by atoms with van der Waals surface area (Å²) in [6.45, 7) is 0. The van der Waals surface area contributed by atoms with E-state index in [1.807, 2.05) is 29.0 Å². The Morgan fingerprint density at radius 1 is 1.06 bits per heavy atom. The van der Waals surface area contributed by atoms with Crippen LogP contribution in [0.3, 0.4) is 0 Å². The van der Waals surface area contributed by atoms with Crippen molar-refractivity contribution in [3.8, 4) is 0 Å². The summed E-state index contributed by atoms with van der Waals surface area (Å²) in [5.74, 6) is 1.33. The van der Waals surface area contributed by atoms with Crippen LogP contribution in [0.2, 0.25) is 0 Å². The Bertz CT molecular complexity index is 1390. The van der Waals surface area contributed by atoms with E-state index < -0.39 is 18.2 Å². The highest BCUT2D eigenvalue weighted by Gasteiger charge is 2.36. The summed E-state index contributed by atoms with van der Waals surface area (Å²) in [5, 5.41) is 26.9. The summed E-state index contributed by atoms with van der Waals surface area (Å²) < 4.78 is 1.85. The van der Waals surface area contributed by atoms with Crippen LogP contribution in [0.1, 0.15) is 37.3 Å². The molecule has 0 saturated heterocycles. The van der Waals surface area contributed by atoms with Gasteiger partial charge in [-0.15, -0.1) is 0 Å². The number of aromatic nitrogens is 4. The molecule has 1 aromatic carbocycles. The van der Waals surface area contributed by atoms with Crippen molar-refractivity contribution in [1.29, 1.82) is 0 Å². The second-order valence-electron chi connectivity index (χ2n) is 9.38. The molecule has 1 saturated carbocycles. The number of nitrogens with one attached hydrogen (secondary N) is 1. The first-order valence-electron chi connectivity index (χ1n) is 11.9. The van der Waals surface area contributed by atoms with E-state index in [1.165, 1.54) is 25.6 Å². The average Bonchev–Trinajstić information content (AvgIpc) is 3.37. The number of aryl methyl sites for hydroxylation is 1. The number of aliphatic hydroxyl groups is 2. The van der Waals surface area contributed by atoms with Crippen LogP contribution in [0.25, 0.3) is 21.9 Å². The summed E-state index contributed by atoms with van der Waals surface area (Å²) in [5.41, 5.74) is 9.55. The molecule has 2 aliphatic carbocycles. The Kier molecular flexibility index (Phi) is 5.19. The van der Waals surface area contributed by atoms with E-state index >= 15 is 0 Å². The van der Waals surface area contributed by atoms with Gasteiger partial charge in [-0.05, 0) is 67.5 Å². The number of nitrogens with two attached hydrogens (primary N) is 1. The van der Waals surface area contributed by atoms with Gasteiger partial charge < -0.3 is 25.8 Å². The topological polar surface area (TPSA) is 122 Å². The van der Waals surface area contributed by atoms with Crippen molar-refractivity contribution in [2.45, 2.75) is 56.4 Å². The van der Waals surface area contributed by atoms with E-state index in [0.717, 1.165) is 39.7 Å². The second kappa shape index (κ2) is 8.38. The third-order valence-corrected chi connectivity index (χ3v) is 7.22. The smallest absolute Gasteiger partial charge is 0.146 e. The van der Waals surface area contributed by atoms with Crippen LogP contribution in [0.15, 0.2) is 60.6 Å². The van der Waals surface area contributed by atoms with E-state index in [-0.39, 0.29) is 0 Å². The summed E-state index contributed by atoms with van der Waals surface area (Å²) in [6, 6.07) is 12.5. The number of rotatable bonds is 6. The zero-order chi connectivity index (χ0) is 23.2. The minimum atomic E-state index is -0.944. The molecule has 0 radical (unpaired) electrons. The van der Waals surface area contributed by atoms with Crippen LogP contribution >= 0.6 is 0 Å². The number of nitrogens with zero attached hydrogens (tertiary/aromatic N) is 4. The van der Waals surface area contributed by atoms with E-state index in [2.05, 4.69) is 39.6 Å². The van der Waals surface area contributed by atoms with E-state index in [1.54, 1.807) is 0 Å². The number of nitrogen functional groups attached to an aromatic ring is 1. The zero-order valence-electron chi connectivity index (χ0n) is 18.8. The second-order valence-corrected chi connectivity index (χ2v) is 9.38. The third kappa shape index (κ3) is 3.69. The normalized spacial score (nSPS) is 22.8. The predicted octanol–water partition coefficient (Wildman–Crippen LogP) is 3.36. The first kappa shape index (κ1) is 21.1. The molecule has 0 bridgehead atoms. The van der Waals surface area contributed by atoms with Gasteiger partial charge in [0.1, 0.15) is 35.8 Å². The summed E-state index contributed by atoms with van der Waals surface area (Å²) in [6.07, 6.45) is 8.45. The van der Waals surface area contributed by atoms with Gasteiger partial charge in [0.2, 0.25) is 0 Å². The lowest BCUT2D eigenvalue weighted by Gasteiger charge is -2.26. The first-order chi connectivity index (χ1) is 16.6. The molecule has 0 amide bonds. The number of hydrogen-bond acceptors (Lipinski definition) is 7. The van der Waals surface area contributed by atoms with Crippen molar-refractivity contribution in [2.24, 2.45) is 0 Å². The van der Waals surface area contributed by atoms with E-state index in [0.29, 0.717) is 23.9 Å². The molecule has 8 heteroatoms. The zero-order valence-corrected chi connectivity index (χ0v) is 18.8. The Labute approximate surface area is 197 Å². The molecule has 174 valence electrons. The average molecular weight is 457 g/mol. The van der Waals surface area contributed by atoms with Crippen molar-refractivity contribution in [3.63, 3.8) is 0 Å². The van der Waals surface area contributed by atoms with Crippen molar-refractivity contribution in [2.75, 3.05) is 11.1 Å². The van der Waals surface area contributed by atoms with Gasteiger partial charge >= 0.3 is 0 Å². The molecular weight excluding hydrogens is 428 g/mol. The molecule has 3 heterocycles. The van der Waals surface area contributed by atoms with Gasteiger partial charge in [-0.25, -0.2) is 15.0 Å². The Morgan fingerprint density at radius 3 is 2.74 bits per heavy atom. The molecule has 34 heavy (non-hydrogen) atoms. The fourth-order valence-corrected chi connectivity index (χ4v) is 4.98. The lowest BCUT2D eigenvalue weighted by molar-refractivity contribution is 0.0317. The van der Waals surface area contributed by atoms with Gasteiger partial charge in [0, 0.05) is 17.6 Å². The van der Waals surface area contributed by atoms with Crippen LogP contribution in [-0.2, 0) is 6.42 Å². The SMILES string of the molecule is Nc1ncnc2c1ccn2C1C=C(CCc2ccc3ccc(NC4CCC4)nc3c2)C(O)[C@@H]1O. The van der Waals surface area contributed by atoms with Crippen LogP contribution in [0, 0.1) is 0 Å². The Morgan fingerprint density at radius 2 is 1.91 bits per heavy atom. The number of anilines is 2. The largest absolute Gasteiger partial charge is 0.388 e. The van der Waals surface area contributed by atoms with Crippen LogP contribution < -0.4 is 11.1 Å². The van der Waals surface area contributed by atoms with Gasteiger partial charge in [0.15, 0.2) is 0 Å². The highest BCUT2D eigenvalue weighted by Crippen LogP contribution is 2.34. The first-order valence-corrected chi connectivity index (χ1v) is 11.9. The Balaban J connectivity index is 1.21. The molecule has 2 aliphatic rings. The molecule has 0 aliphatic heterocycles. The van der Waals surface area contributed by atoms with E-state index in [4.69, 9.17) is 10.7 Å². The minimum absolute atomic E-state index is 0.400. The maximum atomic E-state index is 10.8. The maximum Gasteiger partial charge on any atom is 0.146 e. The highest BCUT2D eigenvalue weighted by molar-refractivity contribution is 5.86. The lowest BCUT2D eigenvalue weighted by atomic mass is 9.93. The third-order valence-electron chi connectivity index (χ3n) is 7.22. The molecule has 3 atom stereocenters. The number of hydrogen-bond donors (Lipinski definition) is 4. The monoisotopic (exact) mass is 456 g/mol. The molecule has 8 nitrogen and oxygen atoms in total. The highest BCUT2D eigenvalue weighted by atomic mass is 16.3.